The van der Waals surface area contributed by atoms with Crippen LogP contribution in [0.1, 0.15) is 18.9 Å². The van der Waals surface area contributed by atoms with Crippen molar-refractivity contribution >= 4 is 27.6 Å². The first-order chi connectivity index (χ1) is 11.6. The molecule has 1 fully saturated rings. The number of terminal acetylenes is 1. The van der Waals surface area contributed by atoms with Crippen LogP contribution in [0.3, 0.4) is 0 Å². The van der Waals surface area contributed by atoms with Crippen LogP contribution in [0.2, 0.25) is 0 Å². The molecule has 6 heteroatoms. The smallest absolute Gasteiger partial charge is 0.233 e. The summed E-state index contributed by atoms with van der Waals surface area (Å²) in [6, 6.07) is 7.94. The van der Waals surface area contributed by atoms with Crippen LogP contribution in [0.4, 0.5) is 11.6 Å². The Bertz CT molecular complexity index is 712. The number of hydrogen-bond donors (Lipinski definition) is 1. The van der Waals surface area contributed by atoms with Gasteiger partial charge in [0.2, 0.25) is 11.8 Å². The Morgan fingerprint density at radius 2 is 2.29 bits per heavy atom. The van der Waals surface area contributed by atoms with Gasteiger partial charge < -0.3 is 14.8 Å². The average Bonchev–Trinajstić information content (AvgIpc) is 3.40. The lowest BCUT2D eigenvalue weighted by atomic mass is 10.2. The van der Waals surface area contributed by atoms with Gasteiger partial charge >= 0.3 is 0 Å². The lowest BCUT2D eigenvalue weighted by Gasteiger charge is -2.08. The van der Waals surface area contributed by atoms with Gasteiger partial charge in [0, 0.05) is 5.69 Å². The number of aromatic nitrogens is 2. The highest BCUT2D eigenvalue weighted by atomic mass is 79.9. The lowest BCUT2D eigenvalue weighted by molar-refractivity contribution is 0.353. The molecule has 1 atom stereocenters. The normalized spacial score (nSPS) is 14.8. The Balaban J connectivity index is 0.000000355. The van der Waals surface area contributed by atoms with E-state index in [0.29, 0.717) is 22.4 Å². The maximum absolute atomic E-state index is 5.31. The number of epoxide rings is 1. The highest BCUT2D eigenvalue weighted by Gasteiger charge is 2.18. The summed E-state index contributed by atoms with van der Waals surface area (Å²) in [6.07, 6.45) is 8.61. The first kappa shape index (κ1) is 18.2. The first-order valence-electron chi connectivity index (χ1n) is 7.66. The minimum Gasteiger partial charge on any atom is -0.464 e. The fourth-order valence-corrected chi connectivity index (χ4v) is 2.08. The quantitative estimate of drug-likeness (QED) is 0.616. The van der Waals surface area contributed by atoms with Gasteiger partial charge in [0.1, 0.15) is 0 Å². The number of nitrogens with zero attached hydrogens (tertiary/aromatic N) is 2. The number of aryl methyl sites for hydroxylation is 1. The molecule has 1 aliphatic heterocycles. The summed E-state index contributed by atoms with van der Waals surface area (Å²) in [6.45, 7) is 5.34. The summed E-state index contributed by atoms with van der Waals surface area (Å²) >= 11 is 3.31. The maximum atomic E-state index is 5.31. The lowest BCUT2D eigenvalue weighted by Crippen LogP contribution is -2.02. The predicted octanol–water partition coefficient (Wildman–Crippen LogP) is 4.10. The SMILES string of the molecule is C#CCOc1nc(Nc2cccc(C)c2)ncc1Br.CCC1CO1. The number of rotatable bonds is 5. The molecule has 2 aromatic rings. The number of halogens is 1. The summed E-state index contributed by atoms with van der Waals surface area (Å²) in [4.78, 5) is 8.42. The Labute approximate surface area is 150 Å². The largest absolute Gasteiger partial charge is 0.464 e. The molecule has 0 aliphatic carbocycles. The summed E-state index contributed by atoms with van der Waals surface area (Å²) in [5.74, 6) is 3.27. The van der Waals surface area contributed by atoms with E-state index in [1.54, 1.807) is 6.20 Å². The van der Waals surface area contributed by atoms with E-state index >= 15 is 0 Å². The molecule has 3 rings (SSSR count). The van der Waals surface area contributed by atoms with Crippen molar-refractivity contribution in [2.75, 3.05) is 18.5 Å². The third-order valence-corrected chi connectivity index (χ3v) is 3.68. The van der Waals surface area contributed by atoms with Crippen LogP contribution in [0.5, 0.6) is 5.88 Å². The Morgan fingerprint density at radius 1 is 1.50 bits per heavy atom. The van der Waals surface area contributed by atoms with E-state index in [9.17, 15) is 0 Å². The molecule has 1 N–H and O–H groups in total. The molecule has 2 heterocycles. The van der Waals surface area contributed by atoms with Crippen molar-refractivity contribution in [3.63, 3.8) is 0 Å². The van der Waals surface area contributed by atoms with E-state index in [1.807, 2.05) is 31.2 Å². The van der Waals surface area contributed by atoms with Crippen LogP contribution in [-0.2, 0) is 4.74 Å². The van der Waals surface area contributed by atoms with Crippen molar-refractivity contribution < 1.29 is 9.47 Å². The molecule has 1 saturated heterocycles. The van der Waals surface area contributed by atoms with E-state index < -0.39 is 0 Å². The second-order valence-corrected chi connectivity index (χ2v) is 6.05. The van der Waals surface area contributed by atoms with E-state index in [-0.39, 0.29) is 6.61 Å². The van der Waals surface area contributed by atoms with E-state index in [1.165, 1.54) is 6.42 Å². The van der Waals surface area contributed by atoms with Crippen molar-refractivity contribution in [1.29, 1.82) is 0 Å². The molecule has 0 bridgehead atoms. The predicted molar refractivity (Wildman–Crippen MR) is 98.6 cm³/mol. The van der Waals surface area contributed by atoms with Crippen LogP contribution < -0.4 is 10.1 Å². The molecule has 0 saturated carbocycles. The highest BCUT2D eigenvalue weighted by molar-refractivity contribution is 9.10. The van der Waals surface area contributed by atoms with Gasteiger partial charge in [-0.25, -0.2) is 4.98 Å². The van der Waals surface area contributed by atoms with Crippen molar-refractivity contribution in [2.45, 2.75) is 26.4 Å². The summed E-state index contributed by atoms with van der Waals surface area (Å²) in [5, 5.41) is 3.11. The molecule has 0 amide bonds. The number of ether oxygens (including phenoxy) is 2. The molecule has 1 aliphatic rings. The van der Waals surface area contributed by atoms with Gasteiger partial charge in [-0.3, -0.25) is 0 Å². The minimum absolute atomic E-state index is 0.166. The van der Waals surface area contributed by atoms with Gasteiger partial charge in [0.15, 0.2) is 6.61 Å². The van der Waals surface area contributed by atoms with Crippen LogP contribution >= 0.6 is 15.9 Å². The Kier molecular flexibility index (Phi) is 7.04. The maximum Gasteiger partial charge on any atom is 0.233 e. The molecular formula is C18H20BrN3O2. The molecule has 1 aromatic carbocycles. The molecule has 0 radical (unpaired) electrons. The molecule has 126 valence electrons. The molecule has 0 spiro atoms. The van der Waals surface area contributed by atoms with Gasteiger partial charge in [-0.05, 0) is 47.0 Å². The van der Waals surface area contributed by atoms with Crippen LogP contribution in [0.25, 0.3) is 0 Å². The van der Waals surface area contributed by atoms with E-state index in [4.69, 9.17) is 15.9 Å². The third-order valence-electron chi connectivity index (χ3n) is 3.14. The Morgan fingerprint density at radius 3 is 2.88 bits per heavy atom. The summed E-state index contributed by atoms with van der Waals surface area (Å²) in [7, 11) is 0. The number of anilines is 2. The van der Waals surface area contributed by atoms with Gasteiger partial charge in [-0.1, -0.05) is 25.0 Å². The summed E-state index contributed by atoms with van der Waals surface area (Å²) in [5.41, 5.74) is 2.08. The zero-order valence-corrected chi connectivity index (χ0v) is 15.3. The fourth-order valence-electron chi connectivity index (χ4n) is 1.78. The second-order valence-electron chi connectivity index (χ2n) is 5.20. The zero-order chi connectivity index (χ0) is 17.4. The fraction of sp³-hybridized carbons (Fsp3) is 0.333. The zero-order valence-electron chi connectivity index (χ0n) is 13.8. The molecule has 24 heavy (non-hydrogen) atoms. The topological polar surface area (TPSA) is 59.6 Å². The monoisotopic (exact) mass is 389 g/mol. The van der Waals surface area contributed by atoms with Gasteiger partial charge in [0.25, 0.3) is 0 Å². The number of benzene rings is 1. The van der Waals surface area contributed by atoms with Crippen molar-refractivity contribution in [1.82, 2.24) is 9.97 Å². The van der Waals surface area contributed by atoms with E-state index in [0.717, 1.165) is 17.9 Å². The summed E-state index contributed by atoms with van der Waals surface area (Å²) < 4.78 is 10.8. The minimum atomic E-state index is 0.166. The van der Waals surface area contributed by atoms with Crippen molar-refractivity contribution in [2.24, 2.45) is 0 Å². The Hall–Kier alpha value is -2.10. The van der Waals surface area contributed by atoms with Crippen molar-refractivity contribution in [3.05, 3.63) is 40.5 Å². The van der Waals surface area contributed by atoms with Gasteiger partial charge in [-0.2, -0.15) is 4.98 Å². The molecule has 1 aromatic heterocycles. The van der Waals surface area contributed by atoms with Crippen molar-refractivity contribution in [3.8, 4) is 18.2 Å². The molecule has 5 nitrogen and oxygen atoms in total. The second kappa shape index (κ2) is 9.26. The van der Waals surface area contributed by atoms with Crippen LogP contribution in [0.15, 0.2) is 34.9 Å². The first-order valence-corrected chi connectivity index (χ1v) is 8.45. The third kappa shape index (κ3) is 6.19. The van der Waals surface area contributed by atoms with Crippen LogP contribution in [-0.4, -0.2) is 29.3 Å². The standard InChI is InChI=1S/C14H12BrN3O.C4H8O/c1-3-7-19-13-12(15)9-16-14(18-13)17-11-6-4-5-10(2)8-11;1-2-4-3-5-4/h1,4-6,8-9H,7H2,2H3,(H,16,17,18);4H,2-3H2,1H3. The molecule has 1 unspecified atom stereocenters. The highest BCUT2D eigenvalue weighted by Crippen LogP contribution is 2.24. The van der Waals surface area contributed by atoms with Gasteiger partial charge in [-0.15, -0.1) is 6.42 Å². The van der Waals surface area contributed by atoms with Crippen LogP contribution in [0, 0.1) is 19.3 Å². The average molecular weight is 390 g/mol. The van der Waals surface area contributed by atoms with Gasteiger partial charge in [0.05, 0.1) is 23.4 Å². The van der Waals surface area contributed by atoms with E-state index in [2.05, 4.69) is 44.1 Å². The molecular weight excluding hydrogens is 370 g/mol. The number of nitrogens with one attached hydrogen (secondary N) is 1. The number of hydrogen-bond acceptors (Lipinski definition) is 5.